The first-order valence-electron chi connectivity index (χ1n) is 5.75. The van der Waals surface area contributed by atoms with Crippen LogP contribution in [0.4, 0.5) is 0 Å². The van der Waals surface area contributed by atoms with Crippen molar-refractivity contribution in [1.29, 1.82) is 0 Å². The molecule has 9 heteroatoms. The molecule has 2 rings (SSSR count). The summed E-state index contributed by atoms with van der Waals surface area (Å²) in [5, 5.41) is 4.48. The molecule has 1 aromatic rings. The van der Waals surface area contributed by atoms with Crippen molar-refractivity contribution in [3.63, 3.8) is 0 Å². The number of nitrogens with zero attached hydrogens (tertiary/aromatic N) is 2. The molecule has 2 heterocycles. The van der Waals surface area contributed by atoms with E-state index in [-0.39, 0.29) is 10.0 Å². The highest BCUT2D eigenvalue weighted by molar-refractivity contribution is 9.09. The number of nitrogens with one attached hydrogen (secondary N) is 1. The van der Waals surface area contributed by atoms with E-state index in [2.05, 4.69) is 25.8 Å². The first kappa shape index (κ1) is 15.2. The summed E-state index contributed by atoms with van der Waals surface area (Å²) in [5.41, 5.74) is -0.537. The fourth-order valence-corrected chi connectivity index (χ4v) is 5.06. The molecule has 0 aliphatic carbocycles. The van der Waals surface area contributed by atoms with Crippen LogP contribution < -0.4 is 4.72 Å². The number of ether oxygens (including phenoxy) is 1. The lowest BCUT2D eigenvalue weighted by molar-refractivity contribution is 0.0557. The number of aryl methyl sites for hydroxylation is 1. The maximum absolute atomic E-state index is 12.4. The summed E-state index contributed by atoms with van der Waals surface area (Å²) in [5.74, 6) is 0. The highest BCUT2D eigenvalue weighted by Crippen LogP contribution is 2.27. The van der Waals surface area contributed by atoms with Gasteiger partial charge < -0.3 is 4.74 Å². The summed E-state index contributed by atoms with van der Waals surface area (Å²) in [4.78, 5) is 0. The van der Waals surface area contributed by atoms with Crippen LogP contribution in [0.2, 0.25) is 5.02 Å². The lowest BCUT2D eigenvalue weighted by atomic mass is 9.94. The molecule has 1 saturated heterocycles. The minimum absolute atomic E-state index is 0.0130. The lowest BCUT2D eigenvalue weighted by Crippen LogP contribution is -2.53. The molecule has 0 unspecified atom stereocenters. The summed E-state index contributed by atoms with van der Waals surface area (Å²) in [7, 11) is -2.17. The number of sulfonamides is 1. The van der Waals surface area contributed by atoms with Gasteiger partial charge in [-0.1, -0.05) is 27.5 Å². The van der Waals surface area contributed by atoms with E-state index >= 15 is 0 Å². The van der Waals surface area contributed by atoms with Gasteiger partial charge in [-0.05, 0) is 12.8 Å². The van der Waals surface area contributed by atoms with E-state index in [0.29, 0.717) is 31.4 Å². The van der Waals surface area contributed by atoms with Crippen LogP contribution >= 0.6 is 27.5 Å². The molecule has 1 N–H and O–H groups in total. The van der Waals surface area contributed by atoms with Crippen molar-refractivity contribution in [2.24, 2.45) is 7.05 Å². The van der Waals surface area contributed by atoms with Crippen LogP contribution in [-0.4, -0.2) is 42.3 Å². The average Bonchev–Trinajstić information content (AvgIpc) is 2.70. The molecule has 0 bridgehead atoms. The molecule has 0 amide bonds. The van der Waals surface area contributed by atoms with Crippen molar-refractivity contribution in [3.05, 3.63) is 11.2 Å². The molecule has 0 atom stereocenters. The predicted molar refractivity (Wildman–Crippen MR) is 75.1 cm³/mol. The maximum atomic E-state index is 12.4. The molecule has 0 radical (unpaired) electrons. The van der Waals surface area contributed by atoms with E-state index in [1.165, 1.54) is 10.9 Å². The molecule has 1 aliphatic rings. The minimum atomic E-state index is -3.72. The van der Waals surface area contributed by atoms with Crippen LogP contribution in [0.1, 0.15) is 12.8 Å². The van der Waals surface area contributed by atoms with E-state index < -0.39 is 15.6 Å². The van der Waals surface area contributed by atoms with Crippen molar-refractivity contribution >= 4 is 37.6 Å². The lowest BCUT2D eigenvalue weighted by Gasteiger charge is -2.35. The maximum Gasteiger partial charge on any atom is 0.259 e. The Bertz CT molecular complexity index is 535. The second-order valence-electron chi connectivity index (χ2n) is 4.55. The molecular weight excluding hydrogens is 358 g/mol. The summed E-state index contributed by atoms with van der Waals surface area (Å²) in [6, 6.07) is 0. The predicted octanol–water partition coefficient (Wildman–Crippen LogP) is 1.30. The molecule has 0 aromatic carbocycles. The number of hydrogen-bond acceptors (Lipinski definition) is 4. The summed E-state index contributed by atoms with van der Waals surface area (Å²) < 4.78 is 34.2. The van der Waals surface area contributed by atoms with Gasteiger partial charge in [-0.3, -0.25) is 4.68 Å². The summed E-state index contributed by atoms with van der Waals surface area (Å²) in [6.45, 7) is 1.07. The Morgan fingerprint density at radius 2 is 2.21 bits per heavy atom. The van der Waals surface area contributed by atoms with Gasteiger partial charge in [-0.2, -0.15) is 5.10 Å². The van der Waals surface area contributed by atoms with Crippen molar-refractivity contribution in [1.82, 2.24) is 14.5 Å². The Kier molecular flexibility index (Phi) is 4.56. The van der Waals surface area contributed by atoms with Gasteiger partial charge in [0.1, 0.15) is 0 Å². The van der Waals surface area contributed by atoms with Crippen molar-refractivity contribution in [2.75, 3.05) is 18.5 Å². The van der Waals surface area contributed by atoms with Crippen molar-refractivity contribution < 1.29 is 13.2 Å². The van der Waals surface area contributed by atoms with Gasteiger partial charge in [0.15, 0.2) is 5.03 Å². The second-order valence-corrected chi connectivity index (χ2v) is 7.12. The van der Waals surface area contributed by atoms with Gasteiger partial charge in [-0.25, -0.2) is 13.1 Å². The zero-order valence-corrected chi connectivity index (χ0v) is 13.6. The van der Waals surface area contributed by atoms with E-state index in [1.807, 2.05) is 0 Å². The zero-order chi connectivity index (χ0) is 14.1. The molecule has 6 nitrogen and oxygen atoms in total. The van der Waals surface area contributed by atoms with Crippen molar-refractivity contribution in [3.8, 4) is 0 Å². The van der Waals surface area contributed by atoms with Crippen molar-refractivity contribution in [2.45, 2.75) is 23.4 Å². The fraction of sp³-hybridized carbons (Fsp3) is 0.700. The number of alkyl halides is 1. The molecule has 19 heavy (non-hydrogen) atoms. The Morgan fingerprint density at radius 1 is 1.58 bits per heavy atom. The monoisotopic (exact) mass is 371 g/mol. The number of rotatable bonds is 4. The Labute approximate surface area is 125 Å². The average molecular weight is 373 g/mol. The van der Waals surface area contributed by atoms with Crippen LogP contribution in [0.25, 0.3) is 0 Å². The highest BCUT2D eigenvalue weighted by Gasteiger charge is 2.37. The molecule has 1 fully saturated rings. The number of hydrogen-bond donors (Lipinski definition) is 1. The Hall–Kier alpha value is -0.150. The van der Waals surface area contributed by atoms with Crippen LogP contribution in [0.3, 0.4) is 0 Å². The van der Waals surface area contributed by atoms with E-state index in [4.69, 9.17) is 16.3 Å². The molecule has 0 saturated carbocycles. The third-order valence-electron chi connectivity index (χ3n) is 3.15. The molecule has 1 aliphatic heterocycles. The molecule has 1 aromatic heterocycles. The SMILES string of the molecule is Cn1ncc(Cl)c1S(=O)(=O)NC1(CBr)CCOCC1. The van der Waals surface area contributed by atoms with Gasteiger partial charge in [0.2, 0.25) is 0 Å². The van der Waals surface area contributed by atoms with Gasteiger partial charge >= 0.3 is 0 Å². The third kappa shape index (κ3) is 3.13. The van der Waals surface area contributed by atoms with Gasteiger partial charge in [-0.15, -0.1) is 0 Å². The third-order valence-corrected chi connectivity index (χ3v) is 6.31. The molecule has 0 spiro atoms. The van der Waals surface area contributed by atoms with Crippen LogP contribution in [-0.2, 0) is 21.8 Å². The fourth-order valence-electron chi connectivity index (χ4n) is 2.06. The largest absolute Gasteiger partial charge is 0.381 e. The van der Waals surface area contributed by atoms with E-state index in [1.54, 1.807) is 7.05 Å². The molecular formula is C10H15BrClN3O3S. The van der Waals surface area contributed by atoms with E-state index in [0.717, 1.165) is 0 Å². The number of halogens is 2. The van der Waals surface area contributed by atoms with E-state index in [9.17, 15) is 8.42 Å². The van der Waals surface area contributed by atoms with Gasteiger partial charge in [0.25, 0.3) is 10.0 Å². The van der Waals surface area contributed by atoms with Gasteiger partial charge in [0, 0.05) is 31.1 Å². The van der Waals surface area contributed by atoms with Gasteiger partial charge in [0.05, 0.1) is 11.2 Å². The minimum Gasteiger partial charge on any atom is -0.381 e. The summed E-state index contributed by atoms with van der Waals surface area (Å²) in [6.07, 6.45) is 2.56. The highest BCUT2D eigenvalue weighted by atomic mass is 79.9. The Balaban J connectivity index is 2.30. The van der Waals surface area contributed by atoms with Crippen LogP contribution in [0.5, 0.6) is 0 Å². The first-order chi connectivity index (χ1) is 8.90. The summed E-state index contributed by atoms with van der Waals surface area (Å²) >= 11 is 9.28. The number of aromatic nitrogens is 2. The first-order valence-corrected chi connectivity index (χ1v) is 8.74. The normalized spacial score (nSPS) is 19.5. The smallest absolute Gasteiger partial charge is 0.259 e. The standard InChI is InChI=1S/C10H15BrClN3O3S/c1-15-9(8(12)6-13-15)19(16,17)14-10(7-11)2-4-18-5-3-10/h6,14H,2-5,7H2,1H3. The topological polar surface area (TPSA) is 73.2 Å². The Morgan fingerprint density at radius 3 is 2.68 bits per heavy atom. The quantitative estimate of drug-likeness (QED) is 0.809. The second kappa shape index (κ2) is 5.69. The van der Waals surface area contributed by atoms with Crippen LogP contribution in [0.15, 0.2) is 11.2 Å². The zero-order valence-electron chi connectivity index (χ0n) is 10.4. The molecule has 108 valence electrons. The van der Waals surface area contributed by atoms with Crippen LogP contribution in [0, 0.1) is 0 Å².